The average Bonchev–Trinajstić information content (AvgIpc) is 3.30. The molecule has 0 fully saturated rings. The lowest BCUT2D eigenvalue weighted by atomic mass is 10.0. The summed E-state index contributed by atoms with van der Waals surface area (Å²) in [5.74, 6) is -0.578. The fourth-order valence-corrected chi connectivity index (χ4v) is 8.62. The van der Waals surface area contributed by atoms with Gasteiger partial charge in [0.2, 0.25) is 0 Å². The van der Waals surface area contributed by atoms with E-state index < -0.39 is 6.10 Å². The minimum atomic E-state index is -0.772. The molecule has 0 aromatic heterocycles. The molecule has 376 valence electrons. The van der Waals surface area contributed by atoms with Gasteiger partial charge in [0.1, 0.15) is 6.61 Å². The number of hydrogen-bond donors (Lipinski definition) is 1. The summed E-state index contributed by atoms with van der Waals surface area (Å²) in [5.41, 5.74) is 0. The van der Waals surface area contributed by atoms with Crippen LogP contribution in [0.15, 0.2) is 36.5 Å². The van der Waals surface area contributed by atoms with Gasteiger partial charge in [0, 0.05) is 12.8 Å². The molecule has 0 saturated heterocycles. The summed E-state index contributed by atoms with van der Waals surface area (Å²) in [7, 11) is 0. The van der Waals surface area contributed by atoms with Gasteiger partial charge < -0.3 is 14.6 Å². The van der Waals surface area contributed by atoms with Crippen LogP contribution < -0.4 is 0 Å². The van der Waals surface area contributed by atoms with Gasteiger partial charge >= 0.3 is 11.9 Å². The smallest absolute Gasteiger partial charge is 0.306 e. The molecule has 0 aromatic rings. The van der Waals surface area contributed by atoms with E-state index in [0.717, 1.165) is 44.9 Å². The Kier molecular flexibility index (Phi) is 53.8. The Morgan fingerprint density at radius 1 is 0.359 bits per heavy atom. The number of unbranched alkanes of at least 4 members (excludes halogenated alkanes) is 39. The number of esters is 2. The van der Waals surface area contributed by atoms with Crippen LogP contribution in [-0.2, 0) is 19.1 Å². The van der Waals surface area contributed by atoms with Gasteiger partial charge in [0.05, 0.1) is 6.61 Å². The molecule has 1 atom stereocenters. The Morgan fingerprint density at radius 3 is 0.938 bits per heavy atom. The predicted octanol–water partition coefficient (Wildman–Crippen LogP) is 19.1. The molecule has 5 nitrogen and oxygen atoms in total. The maximum Gasteiger partial charge on any atom is 0.306 e. The zero-order valence-electron chi connectivity index (χ0n) is 43.1. The average molecular weight is 900 g/mol. The van der Waals surface area contributed by atoms with E-state index in [4.69, 9.17) is 9.47 Å². The summed E-state index contributed by atoms with van der Waals surface area (Å²) in [6.07, 6.45) is 71.2. The van der Waals surface area contributed by atoms with Crippen molar-refractivity contribution in [3.8, 4) is 0 Å². The predicted molar refractivity (Wildman–Crippen MR) is 279 cm³/mol. The van der Waals surface area contributed by atoms with Crippen LogP contribution in [0.1, 0.15) is 309 Å². The second-order valence-corrected chi connectivity index (χ2v) is 19.4. The van der Waals surface area contributed by atoms with Crippen molar-refractivity contribution in [2.75, 3.05) is 13.2 Å². The highest BCUT2D eigenvalue weighted by Crippen LogP contribution is 2.17. The van der Waals surface area contributed by atoms with E-state index in [-0.39, 0.29) is 25.2 Å². The third-order valence-corrected chi connectivity index (χ3v) is 12.9. The molecular weight excluding hydrogens is 789 g/mol. The lowest BCUT2D eigenvalue weighted by molar-refractivity contribution is -0.161. The van der Waals surface area contributed by atoms with Crippen LogP contribution in [0.5, 0.6) is 0 Å². The number of aliphatic hydroxyl groups is 1. The van der Waals surface area contributed by atoms with Crippen molar-refractivity contribution in [2.24, 2.45) is 0 Å². The van der Waals surface area contributed by atoms with Gasteiger partial charge in [0.25, 0.3) is 0 Å². The molecule has 0 aliphatic carbocycles. The molecule has 1 unspecified atom stereocenters. The molecule has 0 radical (unpaired) electrons. The van der Waals surface area contributed by atoms with Crippen LogP contribution in [0, 0.1) is 0 Å². The molecule has 0 bridgehead atoms. The van der Waals surface area contributed by atoms with Gasteiger partial charge in [-0.25, -0.2) is 0 Å². The number of rotatable bonds is 53. The molecule has 0 spiro atoms. The van der Waals surface area contributed by atoms with E-state index >= 15 is 0 Å². The zero-order chi connectivity index (χ0) is 46.3. The number of carbonyl (C=O) groups is 2. The number of carbonyl (C=O) groups excluding carboxylic acids is 2. The molecular formula is C59H110O5. The Balaban J connectivity index is 3.45. The number of ether oxygens (including phenoxy) is 2. The molecule has 0 amide bonds. The number of hydrogen-bond acceptors (Lipinski definition) is 5. The quantitative estimate of drug-likeness (QED) is 0.0374. The fourth-order valence-electron chi connectivity index (χ4n) is 8.62. The monoisotopic (exact) mass is 899 g/mol. The largest absolute Gasteiger partial charge is 0.462 e. The van der Waals surface area contributed by atoms with Gasteiger partial charge in [0.15, 0.2) is 6.10 Å². The van der Waals surface area contributed by atoms with Crippen molar-refractivity contribution in [3.63, 3.8) is 0 Å². The van der Waals surface area contributed by atoms with Crippen LogP contribution in [-0.4, -0.2) is 36.4 Å². The first kappa shape index (κ1) is 62.1. The maximum atomic E-state index is 12.3. The molecule has 64 heavy (non-hydrogen) atoms. The molecule has 5 heteroatoms. The zero-order valence-corrected chi connectivity index (χ0v) is 43.1. The standard InChI is InChI=1S/C59H110O5/c1-3-5-7-9-11-13-15-17-19-21-23-25-27-29-31-33-35-37-39-41-43-45-47-49-51-53-58(61)63-56-57(55-60)64-59(62)54-52-50-48-46-44-42-40-38-36-34-32-30-28-26-24-22-20-18-16-14-12-10-8-6-4-2/h16,18,22,24,28,30,57,60H,3-15,17,19-21,23,25-27,29,31-56H2,1-2H3/b18-16-,24-22-,30-28-. The Hall–Kier alpha value is -1.88. The van der Waals surface area contributed by atoms with Crippen molar-refractivity contribution >= 4 is 11.9 Å². The summed E-state index contributed by atoms with van der Waals surface area (Å²) in [6, 6.07) is 0. The lowest BCUT2D eigenvalue weighted by Crippen LogP contribution is -2.28. The molecule has 0 rings (SSSR count). The van der Waals surface area contributed by atoms with Crippen LogP contribution in [0.2, 0.25) is 0 Å². The Labute approximate surface area is 399 Å². The van der Waals surface area contributed by atoms with E-state index in [1.807, 2.05) is 0 Å². The summed E-state index contributed by atoms with van der Waals surface area (Å²) in [6.45, 7) is 4.17. The van der Waals surface area contributed by atoms with Gasteiger partial charge in [-0.1, -0.05) is 281 Å². The minimum Gasteiger partial charge on any atom is -0.462 e. The SMILES string of the molecule is CCCCCCC/C=C\C/C=C\C/C=C\CCCCCCCCCCCCC(=O)OC(CO)COC(=O)CCCCCCCCCCCCCCCCCCCCCCCCCCC. The van der Waals surface area contributed by atoms with Crippen molar-refractivity contribution in [1.82, 2.24) is 0 Å². The highest BCUT2D eigenvalue weighted by Gasteiger charge is 2.16. The van der Waals surface area contributed by atoms with Crippen molar-refractivity contribution in [2.45, 2.75) is 315 Å². The minimum absolute atomic E-state index is 0.0630. The van der Waals surface area contributed by atoms with Gasteiger partial charge in [-0.2, -0.15) is 0 Å². The topological polar surface area (TPSA) is 72.8 Å². The van der Waals surface area contributed by atoms with Crippen molar-refractivity contribution in [1.29, 1.82) is 0 Å². The third-order valence-electron chi connectivity index (χ3n) is 12.9. The first-order chi connectivity index (χ1) is 31.6. The van der Waals surface area contributed by atoms with E-state index in [1.54, 1.807) is 0 Å². The summed E-state index contributed by atoms with van der Waals surface area (Å²) in [5, 5.41) is 9.65. The van der Waals surface area contributed by atoms with E-state index in [2.05, 4.69) is 50.3 Å². The summed E-state index contributed by atoms with van der Waals surface area (Å²) in [4.78, 5) is 24.5. The molecule has 0 aromatic carbocycles. The molecule has 0 aliphatic rings. The second-order valence-electron chi connectivity index (χ2n) is 19.4. The molecule has 0 aliphatic heterocycles. The van der Waals surface area contributed by atoms with E-state index in [1.165, 1.54) is 238 Å². The molecule has 0 saturated carbocycles. The normalized spacial score (nSPS) is 12.4. The van der Waals surface area contributed by atoms with Crippen LogP contribution >= 0.6 is 0 Å². The fraction of sp³-hybridized carbons (Fsp3) is 0.864. The first-order valence-electron chi connectivity index (χ1n) is 28.5. The maximum absolute atomic E-state index is 12.3. The summed E-state index contributed by atoms with van der Waals surface area (Å²) >= 11 is 0. The van der Waals surface area contributed by atoms with E-state index in [9.17, 15) is 14.7 Å². The highest BCUT2D eigenvalue weighted by atomic mass is 16.6. The third kappa shape index (κ3) is 52.7. The van der Waals surface area contributed by atoms with Crippen molar-refractivity contribution < 1.29 is 24.2 Å². The number of allylic oxidation sites excluding steroid dienone is 6. The Bertz CT molecular complexity index is 1020. The Morgan fingerprint density at radius 2 is 0.625 bits per heavy atom. The van der Waals surface area contributed by atoms with Crippen LogP contribution in [0.25, 0.3) is 0 Å². The highest BCUT2D eigenvalue weighted by molar-refractivity contribution is 5.70. The van der Waals surface area contributed by atoms with Crippen LogP contribution in [0.3, 0.4) is 0 Å². The second kappa shape index (κ2) is 55.4. The lowest BCUT2D eigenvalue weighted by Gasteiger charge is -2.15. The first-order valence-corrected chi connectivity index (χ1v) is 28.5. The van der Waals surface area contributed by atoms with Gasteiger partial charge in [-0.3, -0.25) is 9.59 Å². The molecule has 0 heterocycles. The molecule has 1 N–H and O–H groups in total. The van der Waals surface area contributed by atoms with Gasteiger partial charge in [-0.15, -0.1) is 0 Å². The van der Waals surface area contributed by atoms with Crippen LogP contribution in [0.4, 0.5) is 0 Å². The van der Waals surface area contributed by atoms with E-state index in [0.29, 0.717) is 12.8 Å². The summed E-state index contributed by atoms with van der Waals surface area (Å²) < 4.78 is 10.7. The van der Waals surface area contributed by atoms with Crippen molar-refractivity contribution in [3.05, 3.63) is 36.5 Å². The number of aliphatic hydroxyl groups excluding tert-OH is 1. The van der Waals surface area contributed by atoms with Gasteiger partial charge in [-0.05, 0) is 51.4 Å².